The van der Waals surface area contributed by atoms with Gasteiger partial charge in [0.15, 0.2) is 5.82 Å². The summed E-state index contributed by atoms with van der Waals surface area (Å²) in [5.74, 6) is 0.845. The van der Waals surface area contributed by atoms with E-state index in [2.05, 4.69) is 15.2 Å². The number of imidazole rings is 1. The summed E-state index contributed by atoms with van der Waals surface area (Å²) in [6.07, 6.45) is 2.44. The highest BCUT2D eigenvalue weighted by Crippen LogP contribution is 2.29. The van der Waals surface area contributed by atoms with Gasteiger partial charge in [0.25, 0.3) is 6.43 Å². The molecule has 0 bridgehead atoms. The first-order chi connectivity index (χ1) is 21.1. The van der Waals surface area contributed by atoms with E-state index in [1.165, 1.54) is 11.7 Å². The molecule has 0 spiro atoms. The Hall–Kier alpha value is -3.52. The Balaban J connectivity index is 1.44. The molecule has 4 rings (SSSR count). The number of aliphatic imine (C=N–C) groups is 1. The number of likely N-dealkylation sites (tertiary alicyclic amines) is 1. The number of allylic oxidation sites excluding steroid dienone is 1. The molecule has 0 radical (unpaired) electrons. The molecular formula is C30H46F2N8O4. The van der Waals surface area contributed by atoms with E-state index >= 15 is 0 Å². The van der Waals surface area contributed by atoms with Gasteiger partial charge in [0.1, 0.15) is 12.0 Å². The minimum absolute atomic E-state index is 0.0768. The molecule has 244 valence electrons. The van der Waals surface area contributed by atoms with Crippen molar-refractivity contribution in [2.24, 2.45) is 16.8 Å². The van der Waals surface area contributed by atoms with Crippen LogP contribution in [0.3, 0.4) is 0 Å². The van der Waals surface area contributed by atoms with E-state index in [1.807, 2.05) is 43.7 Å². The van der Waals surface area contributed by atoms with Crippen LogP contribution < -0.4 is 5.32 Å². The standard InChI is InChI=1S/C30H46F2N8O4/c1-7-9-23-21(4)40(27(34-23)26(31)32)25-16-24(36(5)29(35-25)38-12-14-44-15-13-38)33-17-22-18-39(19-22)28(41)20(3)10-11-37(8-2)30(42)43-6/h7,9,16,20,22,24,26,33H,8,10-15,17-19H2,1-6H3/b9-7-. The summed E-state index contributed by atoms with van der Waals surface area (Å²) < 4.78 is 40.1. The van der Waals surface area contributed by atoms with Gasteiger partial charge in [-0.2, -0.15) is 4.99 Å². The van der Waals surface area contributed by atoms with Gasteiger partial charge in [0, 0.05) is 70.4 Å². The second-order valence-electron chi connectivity index (χ2n) is 11.4. The topological polar surface area (TPSA) is 108 Å². The predicted molar refractivity (Wildman–Crippen MR) is 164 cm³/mol. The van der Waals surface area contributed by atoms with Crippen molar-refractivity contribution >= 4 is 29.9 Å². The fourth-order valence-electron chi connectivity index (χ4n) is 5.72. The summed E-state index contributed by atoms with van der Waals surface area (Å²) in [6.45, 7) is 12.7. The van der Waals surface area contributed by atoms with Crippen LogP contribution >= 0.6 is 0 Å². The van der Waals surface area contributed by atoms with Gasteiger partial charge >= 0.3 is 6.09 Å². The molecule has 0 saturated carbocycles. The predicted octanol–water partition coefficient (Wildman–Crippen LogP) is 3.08. The Labute approximate surface area is 258 Å². The van der Waals surface area contributed by atoms with Gasteiger partial charge in [-0.3, -0.25) is 14.7 Å². The zero-order chi connectivity index (χ0) is 32.0. The number of hydrogen-bond acceptors (Lipinski definition) is 9. The Morgan fingerprint density at radius 3 is 2.59 bits per heavy atom. The molecular weight excluding hydrogens is 574 g/mol. The van der Waals surface area contributed by atoms with Crippen molar-refractivity contribution in [2.75, 3.05) is 73.2 Å². The first-order valence-electron chi connectivity index (χ1n) is 15.3. The van der Waals surface area contributed by atoms with E-state index < -0.39 is 6.43 Å². The normalized spacial score (nSPS) is 20.1. The van der Waals surface area contributed by atoms with E-state index in [1.54, 1.807) is 24.0 Å². The minimum Gasteiger partial charge on any atom is -0.453 e. The van der Waals surface area contributed by atoms with Gasteiger partial charge in [0.05, 0.1) is 26.0 Å². The zero-order valence-electron chi connectivity index (χ0n) is 26.6. The largest absolute Gasteiger partial charge is 0.453 e. The number of aromatic nitrogens is 2. The van der Waals surface area contributed by atoms with Gasteiger partial charge in [-0.15, -0.1) is 0 Å². The molecule has 0 aromatic carbocycles. The second-order valence-corrected chi connectivity index (χ2v) is 11.4. The van der Waals surface area contributed by atoms with E-state index in [0.29, 0.717) is 88.6 Å². The van der Waals surface area contributed by atoms with Gasteiger partial charge in [-0.05, 0) is 39.3 Å². The summed E-state index contributed by atoms with van der Waals surface area (Å²) in [5, 5.41) is 3.58. The molecule has 0 aliphatic carbocycles. The van der Waals surface area contributed by atoms with Crippen LogP contribution in [0.15, 0.2) is 17.1 Å². The first-order valence-corrected chi connectivity index (χ1v) is 15.3. The second kappa shape index (κ2) is 15.0. The van der Waals surface area contributed by atoms with Crippen molar-refractivity contribution in [3.63, 3.8) is 0 Å². The quantitative estimate of drug-likeness (QED) is 0.403. The minimum atomic E-state index is -2.77. The summed E-state index contributed by atoms with van der Waals surface area (Å²) in [5.41, 5.74) is 1.07. The Morgan fingerprint density at radius 1 is 1.27 bits per heavy atom. The Morgan fingerprint density at radius 2 is 1.98 bits per heavy atom. The highest BCUT2D eigenvalue weighted by molar-refractivity contribution is 5.86. The smallest absolute Gasteiger partial charge is 0.409 e. The van der Waals surface area contributed by atoms with E-state index in [0.717, 1.165) is 0 Å². The van der Waals surface area contributed by atoms with Crippen molar-refractivity contribution in [1.29, 1.82) is 0 Å². The first kappa shape index (κ1) is 33.4. The number of methoxy groups -OCH3 is 1. The van der Waals surface area contributed by atoms with Crippen LogP contribution in [0.25, 0.3) is 11.9 Å². The van der Waals surface area contributed by atoms with Crippen molar-refractivity contribution in [3.05, 3.63) is 29.4 Å². The molecule has 2 unspecified atom stereocenters. The van der Waals surface area contributed by atoms with Crippen LogP contribution in [-0.2, 0) is 14.3 Å². The molecule has 12 nitrogen and oxygen atoms in total. The van der Waals surface area contributed by atoms with Gasteiger partial charge in [-0.25, -0.2) is 18.6 Å². The Bertz CT molecular complexity index is 1250. The maximum atomic E-state index is 14.2. The molecule has 4 heterocycles. The van der Waals surface area contributed by atoms with E-state index in [-0.39, 0.29) is 35.8 Å². The molecule has 2 saturated heterocycles. The van der Waals surface area contributed by atoms with Crippen LogP contribution in [-0.4, -0.2) is 126 Å². The molecule has 14 heteroatoms. The number of guanidine groups is 1. The fourth-order valence-corrected chi connectivity index (χ4v) is 5.72. The molecule has 1 N–H and O–H groups in total. The average Bonchev–Trinajstić information content (AvgIpc) is 3.33. The zero-order valence-corrected chi connectivity index (χ0v) is 26.6. The number of ether oxygens (including phenoxy) is 2. The van der Waals surface area contributed by atoms with Crippen LogP contribution in [0.1, 0.15) is 50.8 Å². The lowest BCUT2D eigenvalue weighted by Gasteiger charge is -2.43. The maximum Gasteiger partial charge on any atom is 0.409 e. The fraction of sp³-hybridized carbons (Fsp3) is 0.667. The summed E-state index contributed by atoms with van der Waals surface area (Å²) >= 11 is 0. The van der Waals surface area contributed by atoms with Gasteiger partial charge in [-0.1, -0.05) is 13.0 Å². The van der Waals surface area contributed by atoms with Crippen LogP contribution in [0.2, 0.25) is 0 Å². The van der Waals surface area contributed by atoms with Crippen LogP contribution in [0, 0.1) is 18.8 Å². The van der Waals surface area contributed by atoms with Crippen molar-refractivity contribution in [2.45, 2.75) is 46.7 Å². The Kier molecular flexibility index (Phi) is 11.4. The molecule has 2 fully saturated rings. The summed E-state index contributed by atoms with van der Waals surface area (Å²) in [4.78, 5) is 41.5. The maximum absolute atomic E-state index is 14.2. The van der Waals surface area contributed by atoms with Crippen LogP contribution in [0.5, 0.6) is 0 Å². The highest BCUT2D eigenvalue weighted by atomic mass is 19.3. The number of morpholine rings is 1. The van der Waals surface area contributed by atoms with E-state index in [9.17, 15) is 18.4 Å². The van der Waals surface area contributed by atoms with Gasteiger partial charge in [0.2, 0.25) is 11.9 Å². The van der Waals surface area contributed by atoms with E-state index in [4.69, 9.17) is 14.5 Å². The summed E-state index contributed by atoms with van der Waals surface area (Å²) in [7, 11) is 3.29. The molecule has 2 atom stereocenters. The lowest BCUT2D eigenvalue weighted by atomic mass is 9.96. The molecule has 1 aromatic heterocycles. The number of hydrogen-bond donors (Lipinski definition) is 1. The summed E-state index contributed by atoms with van der Waals surface area (Å²) in [6, 6.07) is 0. The molecule has 44 heavy (non-hydrogen) atoms. The number of carbonyl (C=O) groups is 2. The molecule has 2 amide bonds. The van der Waals surface area contributed by atoms with Gasteiger partial charge < -0.3 is 29.1 Å². The average molecular weight is 621 g/mol. The number of likely N-dealkylation sites (N-methyl/N-ethyl adjacent to an activating group) is 1. The van der Waals surface area contributed by atoms with Crippen molar-refractivity contribution in [1.82, 2.24) is 34.5 Å². The number of rotatable bonds is 11. The highest BCUT2D eigenvalue weighted by Gasteiger charge is 2.35. The molecule has 1 aromatic rings. The number of carbonyl (C=O) groups excluding carboxylic acids is 2. The third-order valence-corrected chi connectivity index (χ3v) is 8.42. The monoisotopic (exact) mass is 620 g/mol. The third-order valence-electron chi connectivity index (χ3n) is 8.42. The SMILES string of the molecule is C/C=C\c1nc(C(F)F)n(C2=CC(NCC3CN(C(=O)C(C)CCN(CC)C(=O)OC)C3)N(C)C(N3CCOCC3)=N2)c1C. The number of alkyl halides is 2. The lowest BCUT2D eigenvalue weighted by Crippen LogP contribution is -2.59. The number of halogens is 2. The third kappa shape index (κ3) is 7.40. The van der Waals surface area contributed by atoms with Crippen molar-refractivity contribution in [3.8, 4) is 0 Å². The van der Waals surface area contributed by atoms with Crippen molar-refractivity contribution < 1.29 is 27.8 Å². The molecule has 3 aliphatic heterocycles. The number of amides is 2. The molecule has 3 aliphatic rings. The lowest BCUT2D eigenvalue weighted by molar-refractivity contribution is -0.141. The van der Waals surface area contributed by atoms with Crippen LogP contribution in [0.4, 0.5) is 13.6 Å². The number of nitrogens with zero attached hydrogens (tertiary/aromatic N) is 7. The number of nitrogens with one attached hydrogen (secondary N) is 1.